The molecule has 2 aromatic heterocycles. The molecule has 0 unspecified atom stereocenters. The predicted molar refractivity (Wildman–Crippen MR) is 81.0 cm³/mol. The van der Waals surface area contributed by atoms with Crippen molar-refractivity contribution in [2.24, 2.45) is 0 Å². The molecule has 2 heterocycles. The maximum atomic E-state index is 11.3. The summed E-state index contributed by atoms with van der Waals surface area (Å²) in [6.45, 7) is 0. The van der Waals surface area contributed by atoms with Crippen molar-refractivity contribution in [2.75, 3.05) is 7.11 Å². The fraction of sp³-hybridized carbons (Fsp3) is 0.0625. The Morgan fingerprint density at radius 1 is 1.22 bits per heavy atom. The lowest BCUT2D eigenvalue weighted by atomic mass is 10.0. The van der Waals surface area contributed by atoms with Crippen LogP contribution in [0, 0.1) is 11.3 Å². The number of ether oxygens (including phenoxy) is 1. The van der Waals surface area contributed by atoms with Crippen LogP contribution in [0.25, 0.3) is 22.2 Å². The summed E-state index contributed by atoms with van der Waals surface area (Å²) in [6.07, 6.45) is 4.51. The van der Waals surface area contributed by atoms with Crippen molar-refractivity contribution in [1.82, 2.24) is 15.0 Å². The number of aromatic nitrogens is 3. The van der Waals surface area contributed by atoms with Crippen molar-refractivity contribution in [2.45, 2.75) is 0 Å². The summed E-state index contributed by atoms with van der Waals surface area (Å²) in [6, 6.07) is 6.52. The summed E-state index contributed by atoms with van der Waals surface area (Å²) in [7, 11) is 1.44. The van der Waals surface area contributed by atoms with Gasteiger partial charge in [0.25, 0.3) is 0 Å². The number of benzene rings is 1. The van der Waals surface area contributed by atoms with Gasteiger partial charge >= 0.3 is 5.97 Å². The second-order valence-corrected chi connectivity index (χ2v) is 4.64. The van der Waals surface area contributed by atoms with E-state index in [0.717, 1.165) is 0 Å². The molecule has 3 aromatic rings. The van der Waals surface area contributed by atoms with Gasteiger partial charge in [-0.15, -0.1) is 0 Å². The summed E-state index contributed by atoms with van der Waals surface area (Å²) in [5.74, 6) is -0.754. The number of nitrogens with zero attached hydrogens (tertiary/aromatic N) is 4. The molecule has 0 spiro atoms. The van der Waals surface area contributed by atoms with Gasteiger partial charge in [0.05, 0.1) is 23.7 Å². The van der Waals surface area contributed by atoms with Crippen molar-refractivity contribution in [3.8, 4) is 22.9 Å². The Kier molecular flexibility index (Phi) is 3.57. The molecule has 23 heavy (non-hydrogen) atoms. The highest BCUT2D eigenvalue weighted by Crippen LogP contribution is 2.30. The molecule has 0 fully saturated rings. The first-order chi connectivity index (χ1) is 11.1. The highest BCUT2D eigenvalue weighted by atomic mass is 16.5. The third kappa shape index (κ3) is 2.53. The number of carboxylic acids is 1. The average Bonchev–Trinajstić information content (AvgIpc) is 2.60. The lowest BCUT2D eigenvalue weighted by Gasteiger charge is -2.09. The molecule has 112 valence electrons. The Bertz CT molecular complexity index is 963. The predicted octanol–water partition coefficient (Wildman–Crippen LogP) is 2.27. The Morgan fingerprint density at radius 3 is 2.70 bits per heavy atom. The monoisotopic (exact) mass is 306 g/mol. The summed E-state index contributed by atoms with van der Waals surface area (Å²) in [4.78, 5) is 23.8. The normalized spacial score (nSPS) is 10.3. The molecule has 7 heteroatoms. The van der Waals surface area contributed by atoms with Gasteiger partial charge in [-0.2, -0.15) is 5.26 Å². The second kappa shape index (κ2) is 5.69. The fourth-order valence-electron chi connectivity index (χ4n) is 2.25. The maximum Gasteiger partial charge on any atom is 0.335 e. The molecule has 0 radical (unpaired) electrons. The minimum absolute atomic E-state index is 0.0938. The van der Waals surface area contributed by atoms with E-state index in [1.54, 1.807) is 6.07 Å². The zero-order chi connectivity index (χ0) is 16.4. The molecule has 0 bridgehead atoms. The number of carboxylic acid groups (broad SMARTS) is 1. The van der Waals surface area contributed by atoms with Crippen LogP contribution in [-0.2, 0) is 0 Å². The molecule has 0 aliphatic rings. The van der Waals surface area contributed by atoms with Crippen LogP contribution in [0.4, 0.5) is 0 Å². The van der Waals surface area contributed by atoms with Crippen molar-refractivity contribution >= 4 is 17.0 Å². The number of hydrogen-bond acceptors (Lipinski definition) is 6. The third-order valence-corrected chi connectivity index (χ3v) is 3.31. The van der Waals surface area contributed by atoms with Crippen LogP contribution in [0.1, 0.15) is 16.1 Å². The molecule has 3 rings (SSSR count). The van der Waals surface area contributed by atoms with E-state index in [1.165, 1.54) is 37.8 Å². The average molecular weight is 306 g/mol. The van der Waals surface area contributed by atoms with Crippen molar-refractivity contribution in [1.29, 1.82) is 5.26 Å². The van der Waals surface area contributed by atoms with E-state index in [4.69, 9.17) is 10.00 Å². The van der Waals surface area contributed by atoms with Crippen molar-refractivity contribution in [3.05, 3.63) is 48.0 Å². The number of hydrogen-bond donors (Lipinski definition) is 1. The molecular weight excluding hydrogens is 296 g/mol. The summed E-state index contributed by atoms with van der Waals surface area (Å²) < 4.78 is 5.15. The Labute approximate surface area is 130 Å². The number of rotatable bonds is 3. The molecule has 7 nitrogen and oxygen atoms in total. The number of methoxy groups -OCH3 is 1. The quantitative estimate of drug-likeness (QED) is 0.790. The van der Waals surface area contributed by atoms with Crippen LogP contribution in [0.15, 0.2) is 36.8 Å². The van der Waals surface area contributed by atoms with E-state index in [9.17, 15) is 9.90 Å². The van der Waals surface area contributed by atoms with Gasteiger partial charge in [0.15, 0.2) is 11.4 Å². The van der Waals surface area contributed by atoms with Gasteiger partial charge in [0, 0.05) is 29.7 Å². The van der Waals surface area contributed by atoms with Crippen LogP contribution >= 0.6 is 0 Å². The molecule has 0 aliphatic carbocycles. The van der Waals surface area contributed by atoms with Crippen LogP contribution in [0.5, 0.6) is 5.75 Å². The Morgan fingerprint density at radius 2 is 2.00 bits per heavy atom. The molecule has 0 aliphatic heterocycles. The van der Waals surface area contributed by atoms with E-state index in [-0.39, 0.29) is 11.3 Å². The molecule has 0 saturated heterocycles. The van der Waals surface area contributed by atoms with Gasteiger partial charge in [-0.3, -0.25) is 9.97 Å². The first kappa shape index (κ1) is 14.4. The topological polar surface area (TPSA) is 109 Å². The lowest BCUT2D eigenvalue weighted by Crippen LogP contribution is -1.99. The van der Waals surface area contributed by atoms with Gasteiger partial charge in [-0.25, -0.2) is 9.78 Å². The van der Waals surface area contributed by atoms with E-state index < -0.39 is 5.97 Å². The van der Waals surface area contributed by atoms with Gasteiger partial charge in [0.1, 0.15) is 6.07 Å². The van der Waals surface area contributed by atoms with Gasteiger partial charge in [0.2, 0.25) is 0 Å². The Hall–Kier alpha value is -3.53. The first-order valence-electron chi connectivity index (χ1n) is 6.56. The van der Waals surface area contributed by atoms with E-state index in [0.29, 0.717) is 27.9 Å². The zero-order valence-corrected chi connectivity index (χ0v) is 12.0. The van der Waals surface area contributed by atoms with E-state index in [2.05, 4.69) is 15.0 Å². The first-order valence-corrected chi connectivity index (χ1v) is 6.56. The SMILES string of the molecule is COc1cc(-c2cc(C(=O)O)cc3nccnc23)cnc1C#N. The molecule has 0 atom stereocenters. The molecule has 1 aromatic carbocycles. The van der Waals surface area contributed by atoms with E-state index in [1.807, 2.05) is 6.07 Å². The standard InChI is InChI=1S/C16H10N4O3/c1-23-14-6-10(8-20-13(14)7-17)11-4-9(16(21)22)5-12-15(11)19-3-2-18-12/h2-6,8H,1H3,(H,21,22). The summed E-state index contributed by atoms with van der Waals surface area (Å²) >= 11 is 0. The highest BCUT2D eigenvalue weighted by Gasteiger charge is 2.14. The lowest BCUT2D eigenvalue weighted by molar-refractivity contribution is 0.0697. The number of carbonyl (C=O) groups is 1. The second-order valence-electron chi connectivity index (χ2n) is 4.64. The molecule has 1 N–H and O–H groups in total. The fourth-order valence-corrected chi connectivity index (χ4v) is 2.25. The minimum Gasteiger partial charge on any atom is -0.494 e. The third-order valence-electron chi connectivity index (χ3n) is 3.31. The van der Waals surface area contributed by atoms with Gasteiger partial charge < -0.3 is 9.84 Å². The highest BCUT2D eigenvalue weighted by molar-refractivity contribution is 5.99. The summed E-state index contributed by atoms with van der Waals surface area (Å²) in [5, 5.41) is 18.3. The zero-order valence-electron chi connectivity index (χ0n) is 12.0. The van der Waals surface area contributed by atoms with Gasteiger partial charge in [-0.05, 0) is 18.2 Å². The van der Waals surface area contributed by atoms with Crippen molar-refractivity contribution in [3.63, 3.8) is 0 Å². The number of nitriles is 1. The Balaban J connectivity index is 2.31. The smallest absolute Gasteiger partial charge is 0.335 e. The number of fused-ring (bicyclic) bond motifs is 1. The maximum absolute atomic E-state index is 11.3. The van der Waals surface area contributed by atoms with E-state index >= 15 is 0 Å². The number of aromatic carboxylic acids is 1. The summed E-state index contributed by atoms with van der Waals surface area (Å²) in [5.41, 5.74) is 2.41. The molecule has 0 amide bonds. The largest absolute Gasteiger partial charge is 0.494 e. The van der Waals surface area contributed by atoms with Crippen LogP contribution in [-0.4, -0.2) is 33.1 Å². The minimum atomic E-state index is -1.06. The van der Waals surface area contributed by atoms with Crippen LogP contribution < -0.4 is 4.74 Å². The van der Waals surface area contributed by atoms with Crippen LogP contribution in [0.3, 0.4) is 0 Å². The van der Waals surface area contributed by atoms with Crippen LogP contribution in [0.2, 0.25) is 0 Å². The number of pyridine rings is 1. The van der Waals surface area contributed by atoms with Crippen molar-refractivity contribution < 1.29 is 14.6 Å². The molecular formula is C16H10N4O3. The molecule has 0 saturated carbocycles. The van der Waals surface area contributed by atoms with Gasteiger partial charge in [-0.1, -0.05) is 0 Å².